The fourth-order valence-electron chi connectivity index (χ4n) is 4.05. The first-order chi connectivity index (χ1) is 17.7. The molecule has 1 heterocycles. The lowest BCUT2D eigenvalue weighted by atomic mass is 10.2. The quantitative estimate of drug-likeness (QED) is 0.299. The molecule has 0 aliphatic rings. The maximum atomic E-state index is 13.8. The van der Waals surface area contributed by atoms with Gasteiger partial charge in [-0.1, -0.05) is 44.6 Å². The Morgan fingerprint density at radius 2 is 1.68 bits per heavy atom. The van der Waals surface area contributed by atoms with Gasteiger partial charge in [-0.3, -0.25) is 9.69 Å². The second-order valence-electron chi connectivity index (χ2n) is 8.95. The number of aryl methyl sites for hydroxylation is 1. The Labute approximate surface area is 224 Å². The maximum absolute atomic E-state index is 13.8. The molecule has 202 valence electrons. The smallest absolute Gasteiger partial charge is 0.260 e. The van der Waals surface area contributed by atoms with Crippen LogP contribution in [0, 0.1) is 6.92 Å². The van der Waals surface area contributed by atoms with Gasteiger partial charge in [0.25, 0.3) is 5.91 Å². The van der Waals surface area contributed by atoms with Gasteiger partial charge in [-0.05, 0) is 62.3 Å². The molecule has 3 aromatic rings. The van der Waals surface area contributed by atoms with Crippen molar-refractivity contribution >= 4 is 42.6 Å². The number of carbonyl (C=O) groups is 1. The van der Waals surface area contributed by atoms with Gasteiger partial charge >= 0.3 is 0 Å². The highest BCUT2D eigenvalue weighted by Crippen LogP contribution is 2.37. The van der Waals surface area contributed by atoms with Crippen LogP contribution in [0.3, 0.4) is 0 Å². The second-order valence-corrected chi connectivity index (χ2v) is 12.0. The first kappa shape index (κ1) is 29.0. The number of aromatic nitrogens is 1. The van der Waals surface area contributed by atoms with Gasteiger partial charge in [0.2, 0.25) is 10.0 Å². The lowest BCUT2D eigenvalue weighted by molar-refractivity contribution is 0.0983. The van der Waals surface area contributed by atoms with Crippen molar-refractivity contribution < 1.29 is 17.9 Å². The molecule has 0 saturated heterocycles. The summed E-state index contributed by atoms with van der Waals surface area (Å²) in [4.78, 5) is 22.7. The summed E-state index contributed by atoms with van der Waals surface area (Å²) in [7, 11) is -0.408. The van der Waals surface area contributed by atoms with Crippen LogP contribution < -0.4 is 9.64 Å². The highest BCUT2D eigenvalue weighted by molar-refractivity contribution is 7.89. The molecule has 0 saturated carbocycles. The van der Waals surface area contributed by atoms with Crippen LogP contribution in [0.5, 0.6) is 5.75 Å². The summed E-state index contributed by atoms with van der Waals surface area (Å²) in [6, 6.07) is 10.1. The molecular weight excluding hydrogens is 508 g/mol. The Morgan fingerprint density at radius 1 is 1.00 bits per heavy atom. The number of carbonyl (C=O) groups excluding carboxylic acids is 1. The highest BCUT2D eigenvalue weighted by atomic mass is 32.2. The third kappa shape index (κ3) is 6.49. The summed E-state index contributed by atoms with van der Waals surface area (Å²) in [6.45, 7) is 11.6. The van der Waals surface area contributed by atoms with Gasteiger partial charge in [-0.15, -0.1) is 0 Å². The van der Waals surface area contributed by atoms with Crippen molar-refractivity contribution in [1.82, 2.24) is 14.2 Å². The number of ether oxygens (including phenoxy) is 1. The average molecular weight is 547 g/mol. The molecule has 10 heteroatoms. The van der Waals surface area contributed by atoms with Gasteiger partial charge < -0.3 is 9.64 Å². The maximum Gasteiger partial charge on any atom is 0.260 e. The van der Waals surface area contributed by atoms with Crippen LogP contribution >= 0.6 is 11.3 Å². The largest absolute Gasteiger partial charge is 0.494 e. The molecule has 0 spiro atoms. The number of hydrogen-bond acceptors (Lipinski definition) is 7. The fourth-order valence-corrected chi connectivity index (χ4v) is 6.34. The molecular formula is C27H38N4O4S2. The van der Waals surface area contributed by atoms with Crippen LogP contribution in [0.15, 0.2) is 41.3 Å². The van der Waals surface area contributed by atoms with Crippen LogP contribution in [-0.4, -0.2) is 75.4 Å². The standard InChI is InChI=1S/C27H38N4O4S2/c1-7-10-17-29(5)37(33,34)22-14-12-21(13-15-22)26(32)31(19-18-30(8-2)9-3)27-28-24-23(35-6)16-11-20(4)25(24)36-27/h11-16H,7-10,17-19H2,1-6H3. The number of nitrogens with zero attached hydrogens (tertiary/aromatic N) is 4. The van der Waals surface area contributed by atoms with E-state index in [1.165, 1.54) is 27.8 Å². The Balaban J connectivity index is 1.96. The molecule has 0 unspecified atom stereocenters. The third-order valence-corrected chi connectivity index (χ3v) is 9.64. The van der Waals surface area contributed by atoms with Crippen LogP contribution in [0.1, 0.15) is 49.5 Å². The van der Waals surface area contributed by atoms with Crippen LogP contribution in [-0.2, 0) is 10.0 Å². The van der Waals surface area contributed by atoms with E-state index < -0.39 is 10.0 Å². The number of unbranched alkanes of at least 4 members (excludes halogenated alkanes) is 1. The number of rotatable bonds is 13. The van der Waals surface area contributed by atoms with Crippen molar-refractivity contribution in [2.24, 2.45) is 0 Å². The molecule has 1 amide bonds. The summed E-state index contributed by atoms with van der Waals surface area (Å²) in [5, 5.41) is 0.593. The summed E-state index contributed by atoms with van der Waals surface area (Å²) in [5.41, 5.74) is 2.22. The molecule has 2 aromatic carbocycles. The number of sulfonamides is 1. The van der Waals surface area contributed by atoms with Gasteiger partial charge in [-0.25, -0.2) is 17.7 Å². The van der Waals surface area contributed by atoms with Crippen molar-refractivity contribution in [3.63, 3.8) is 0 Å². The van der Waals surface area contributed by atoms with Crippen LogP contribution in [0.4, 0.5) is 5.13 Å². The molecule has 0 aliphatic carbocycles. The minimum absolute atomic E-state index is 0.178. The zero-order valence-corrected chi connectivity index (χ0v) is 24.3. The number of thiazole rings is 1. The number of hydrogen-bond donors (Lipinski definition) is 0. The van der Waals surface area contributed by atoms with Gasteiger partial charge in [-0.2, -0.15) is 0 Å². The molecule has 0 N–H and O–H groups in total. The summed E-state index contributed by atoms with van der Waals surface area (Å²) >= 11 is 1.46. The van der Waals surface area contributed by atoms with E-state index in [0.29, 0.717) is 36.1 Å². The van der Waals surface area contributed by atoms with E-state index in [9.17, 15) is 13.2 Å². The number of amides is 1. The van der Waals surface area contributed by atoms with E-state index in [4.69, 9.17) is 9.72 Å². The Bertz CT molecular complexity index is 1300. The molecule has 3 rings (SSSR count). The van der Waals surface area contributed by atoms with Crippen molar-refractivity contribution in [3.05, 3.63) is 47.5 Å². The van der Waals surface area contributed by atoms with Gasteiger partial charge in [0.15, 0.2) is 5.13 Å². The van der Waals surface area contributed by atoms with Crippen LogP contribution in [0.2, 0.25) is 0 Å². The number of methoxy groups -OCH3 is 1. The predicted octanol–water partition coefficient (Wildman–Crippen LogP) is 5.02. The number of benzene rings is 2. The molecule has 0 radical (unpaired) electrons. The second kappa shape index (κ2) is 12.8. The zero-order valence-electron chi connectivity index (χ0n) is 22.7. The van der Waals surface area contributed by atoms with E-state index in [2.05, 4.69) is 18.7 Å². The lowest BCUT2D eigenvalue weighted by Gasteiger charge is -2.25. The van der Waals surface area contributed by atoms with Crippen molar-refractivity contribution in [2.45, 2.75) is 45.4 Å². The molecule has 1 aromatic heterocycles. The fraction of sp³-hybridized carbons (Fsp3) is 0.481. The van der Waals surface area contributed by atoms with Gasteiger partial charge in [0.1, 0.15) is 11.3 Å². The topological polar surface area (TPSA) is 83.1 Å². The Morgan fingerprint density at radius 3 is 2.27 bits per heavy atom. The van der Waals surface area contributed by atoms with Crippen LogP contribution in [0.25, 0.3) is 10.2 Å². The SMILES string of the molecule is CCCCN(C)S(=O)(=O)c1ccc(C(=O)N(CCN(CC)CC)c2nc3c(OC)ccc(C)c3s2)cc1. The van der Waals surface area contributed by atoms with E-state index in [0.717, 1.165) is 41.7 Å². The minimum atomic E-state index is -3.61. The Hall–Kier alpha value is -2.53. The van der Waals surface area contributed by atoms with Gasteiger partial charge in [0, 0.05) is 32.2 Å². The highest BCUT2D eigenvalue weighted by Gasteiger charge is 2.25. The summed E-state index contributed by atoms with van der Waals surface area (Å²) < 4.78 is 33.7. The summed E-state index contributed by atoms with van der Waals surface area (Å²) in [6.07, 6.45) is 1.70. The minimum Gasteiger partial charge on any atom is -0.494 e. The van der Waals surface area contributed by atoms with Gasteiger partial charge in [0.05, 0.1) is 16.7 Å². The molecule has 0 fully saturated rings. The molecule has 0 atom stereocenters. The van der Waals surface area contributed by atoms with E-state index in [-0.39, 0.29) is 10.8 Å². The molecule has 0 aliphatic heterocycles. The lowest BCUT2D eigenvalue weighted by Crippen LogP contribution is -2.38. The number of anilines is 1. The average Bonchev–Trinajstić information content (AvgIpc) is 3.36. The molecule has 37 heavy (non-hydrogen) atoms. The van der Waals surface area contributed by atoms with Crippen molar-refractivity contribution in [2.75, 3.05) is 51.8 Å². The Kier molecular flexibility index (Phi) is 10.1. The number of fused-ring (bicyclic) bond motifs is 1. The molecule has 0 bridgehead atoms. The monoisotopic (exact) mass is 546 g/mol. The van der Waals surface area contributed by atoms with Crippen molar-refractivity contribution in [1.29, 1.82) is 0 Å². The first-order valence-electron chi connectivity index (χ1n) is 12.7. The van der Waals surface area contributed by atoms with E-state index in [1.807, 2.05) is 26.0 Å². The first-order valence-corrected chi connectivity index (χ1v) is 15.0. The third-order valence-electron chi connectivity index (χ3n) is 6.56. The number of likely N-dealkylation sites (N-methyl/N-ethyl adjacent to an activating group) is 1. The zero-order chi connectivity index (χ0) is 27.2. The van der Waals surface area contributed by atoms with Crippen molar-refractivity contribution in [3.8, 4) is 5.75 Å². The summed E-state index contributed by atoms with van der Waals surface area (Å²) in [5.74, 6) is 0.451. The normalized spacial score (nSPS) is 12.0. The predicted molar refractivity (Wildman–Crippen MR) is 152 cm³/mol. The van der Waals surface area contributed by atoms with E-state index >= 15 is 0 Å². The van der Waals surface area contributed by atoms with E-state index in [1.54, 1.807) is 31.2 Å². The molecule has 8 nitrogen and oxygen atoms in total.